The Morgan fingerprint density at radius 2 is 1.39 bits per heavy atom. The van der Waals surface area contributed by atoms with Gasteiger partial charge in [-0.25, -0.2) is 10.4 Å². The number of hydrogen-bond acceptors (Lipinski definition) is 8. The van der Waals surface area contributed by atoms with Crippen molar-refractivity contribution < 1.29 is 33.8 Å². The first-order valence-corrected chi connectivity index (χ1v) is 10.3. The summed E-state index contributed by atoms with van der Waals surface area (Å²) in [6.07, 6.45) is 0. The highest BCUT2D eigenvalue weighted by atomic mass is 32.2. The molecule has 3 aromatic rings. The summed E-state index contributed by atoms with van der Waals surface area (Å²) >= 11 is 0. The molecule has 164 valence electrons. The van der Waals surface area contributed by atoms with Crippen molar-refractivity contribution in [3.63, 3.8) is 0 Å². The Kier molecular flexibility index (Phi) is 6.54. The lowest BCUT2D eigenvalue weighted by Gasteiger charge is -2.19. The molecule has 3 aromatic carbocycles. The zero-order chi connectivity index (χ0) is 22.8. The topological polar surface area (TPSA) is 174 Å². The Morgan fingerprint density at radius 1 is 0.806 bits per heavy atom. The molecule has 3 rings (SSSR count). The smallest absolute Gasteiger partial charge is 0.296 e. The summed E-state index contributed by atoms with van der Waals surface area (Å²) in [6.45, 7) is 1.90. The van der Waals surface area contributed by atoms with Crippen molar-refractivity contribution in [2.45, 2.75) is 11.8 Å². The van der Waals surface area contributed by atoms with Crippen molar-refractivity contribution in [2.24, 2.45) is 0 Å². The summed E-state index contributed by atoms with van der Waals surface area (Å²) in [4.78, 5) is -0.419. The second-order valence-corrected chi connectivity index (χ2v) is 8.06. The molecule has 7 N–H and O–H groups in total. The van der Waals surface area contributed by atoms with Gasteiger partial charge in [0.15, 0.2) is 11.4 Å². The van der Waals surface area contributed by atoms with E-state index in [1.807, 2.05) is 19.1 Å². The minimum atomic E-state index is -4.62. The van der Waals surface area contributed by atoms with Crippen LogP contribution in [0.5, 0.6) is 0 Å². The van der Waals surface area contributed by atoms with Gasteiger partial charge in [0, 0.05) is 17.4 Å². The molecule has 0 aliphatic carbocycles. The molecule has 31 heavy (non-hydrogen) atoms. The number of aryl methyl sites for hydroxylation is 1. The first-order valence-electron chi connectivity index (χ1n) is 8.87. The maximum Gasteiger partial charge on any atom is 0.296 e. The van der Waals surface area contributed by atoms with Crippen LogP contribution < -0.4 is 21.1 Å². The van der Waals surface area contributed by atoms with Crippen LogP contribution >= 0.6 is 0 Å². The van der Waals surface area contributed by atoms with Crippen LogP contribution in [-0.4, -0.2) is 23.4 Å². The highest BCUT2D eigenvalue weighted by Crippen LogP contribution is 2.31. The van der Waals surface area contributed by atoms with Crippen molar-refractivity contribution in [1.82, 2.24) is 0 Å². The molecule has 11 nitrogen and oxygen atoms in total. The van der Waals surface area contributed by atoms with E-state index in [0.717, 1.165) is 17.7 Å². The van der Waals surface area contributed by atoms with Gasteiger partial charge in [-0.05, 0) is 43.3 Å². The van der Waals surface area contributed by atoms with Crippen LogP contribution in [0.1, 0.15) is 5.56 Å². The van der Waals surface area contributed by atoms with Gasteiger partial charge >= 0.3 is 0 Å². The van der Waals surface area contributed by atoms with Crippen LogP contribution in [0.25, 0.3) is 0 Å². The van der Waals surface area contributed by atoms with E-state index < -0.39 is 25.5 Å². The molecule has 0 spiro atoms. The quantitative estimate of drug-likeness (QED) is 0.209. The van der Waals surface area contributed by atoms with E-state index >= 15 is 0 Å². The lowest BCUT2D eigenvalue weighted by atomic mass is 10.2. The van der Waals surface area contributed by atoms with Crippen molar-refractivity contribution in [3.05, 3.63) is 76.6 Å². The first kappa shape index (κ1) is 22.6. The molecule has 2 atom stereocenters. The lowest BCUT2D eigenvalue weighted by molar-refractivity contribution is -0.996. The minimum absolute atomic E-state index is 0.0537. The zero-order valence-corrected chi connectivity index (χ0v) is 17.0. The standard InChI is InChI=1S/C19H20N4O7S/c1-12-2-4-13(5-3-12)20-17-8-6-14(10-19(17)31(28,29)30)21-16-9-7-15(22(24)25)11-18(16)23(26)27/h2-11,20-24,26H,1H3,(H,28,29,30). The van der Waals surface area contributed by atoms with Gasteiger partial charge in [0.05, 0.1) is 11.8 Å². The van der Waals surface area contributed by atoms with Crippen LogP contribution in [0.3, 0.4) is 0 Å². The molecule has 2 unspecified atom stereocenters. The monoisotopic (exact) mass is 448 g/mol. The summed E-state index contributed by atoms with van der Waals surface area (Å²) < 4.78 is 33.5. The maximum atomic E-state index is 11.9. The van der Waals surface area contributed by atoms with Crippen molar-refractivity contribution in [3.8, 4) is 0 Å². The summed E-state index contributed by atoms with van der Waals surface area (Å²) in [6, 6.07) is 14.7. The van der Waals surface area contributed by atoms with Gasteiger partial charge in [-0.1, -0.05) is 17.7 Å². The molecule has 0 fully saturated rings. The molecule has 0 bridgehead atoms. The molecule has 0 radical (unpaired) electrons. The number of nitrogens with one attached hydrogen (secondary N) is 4. The molecule has 0 aliphatic heterocycles. The Balaban J connectivity index is 1.97. The lowest BCUT2D eigenvalue weighted by Crippen LogP contribution is -3.00. The third-order valence-electron chi connectivity index (χ3n) is 4.37. The van der Waals surface area contributed by atoms with E-state index in [0.29, 0.717) is 5.69 Å². The van der Waals surface area contributed by atoms with Gasteiger partial charge in [-0.2, -0.15) is 18.9 Å². The van der Waals surface area contributed by atoms with Gasteiger partial charge < -0.3 is 21.0 Å². The molecule has 0 heterocycles. The Hall–Kier alpha value is -3.07. The fourth-order valence-electron chi connectivity index (χ4n) is 2.83. The SMILES string of the molecule is Cc1ccc(Nc2ccc(Nc3ccc([NH+]([O-])O)cc3[NH+]([O-])O)cc2S(=O)(=O)O)cc1. The van der Waals surface area contributed by atoms with Crippen LogP contribution in [0.2, 0.25) is 0 Å². The predicted octanol–water partition coefficient (Wildman–Crippen LogP) is 1.54. The molecule has 12 heteroatoms. The zero-order valence-electron chi connectivity index (χ0n) is 16.2. The van der Waals surface area contributed by atoms with Gasteiger partial charge in [0.1, 0.15) is 10.6 Å². The maximum absolute atomic E-state index is 11.9. The van der Waals surface area contributed by atoms with Gasteiger partial charge in [0.25, 0.3) is 10.1 Å². The number of hydrogen-bond donors (Lipinski definition) is 7. The molecular weight excluding hydrogens is 428 g/mol. The van der Waals surface area contributed by atoms with E-state index in [-0.39, 0.29) is 28.4 Å². The van der Waals surface area contributed by atoms with E-state index in [9.17, 15) is 28.6 Å². The van der Waals surface area contributed by atoms with Crippen LogP contribution in [0.15, 0.2) is 65.6 Å². The average Bonchev–Trinajstić information content (AvgIpc) is 2.70. The number of benzene rings is 3. The number of rotatable bonds is 7. The van der Waals surface area contributed by atoms with E-state index in [4.69, 9.17) is 5.21 Å². The molecule has 0 saturated heterocycles. The molecule has 0 aromatic heterocycles. The minimum Gasteiger partial charge on any atom is -0.595 e. The van der Waals surface area contributed by atoms with Crippen molar-refractivity contribution in [2.75, 3.05) is 10.6 Å². The van der Waals surface area contributed by atoms with Crippen LogP contribution in [0.4, 0.5) is 34.1 Å². The average molecular weight is 448 g/mol. The summed E-state index contributed by atoms with van der Waals surface area (Å²) in [5.74, 6) is 0. The van der Waals surface area contributed by atoms with Gasteiger partial charge in [-0.15, -0.1) is 0 Å². The van der Waals surface area contributed by atoms with E-state index in [1.54, 1.807) is 12.1 Å². The fraction of sp³-hybridized carbons (Fsp3) is 0.0526. The number of quaternary nitrogens is 2. The fourth-order valence-corrected chi connectivity index (χ4v) is 3.50. The Bertz CT molecular complexity index is 1180. The summed E-state index contributed by atoms with van der Waals surface area (Å²) in [7, 11) is -4.62. The Morgan fingerprint density at radius 3 is 1.97 bits per heavy atom. The summed E-state index contributed by atoms with van der Waals surface area (Å²) in [5, 5.41) is 44.1. The first-order chi connectivity index (χ1) is 14.5. The third kappa shape index (κ3) is 5.55. The van der Waals surface area contributed by atoms with Crippen molar-refractivity contribution in [1.29, 1.82) is 0 Å². The normalized spacial score (nSPS) is 13.5. The van der Waals surface area contributed by atoms with Crippen LogP contribution in [0, 0.1) is 17.3 Å². The highest BCUT2D eigenvalue weighted by Gasteiger charge is 2.19. The third-order valence-corrected chi connectivity index (χ3v) is 5.26. The highest BCUT2D eigenvalue weighted by molar-refractivity contribution is 7.86. The van der Waals surface area contributed by atoms with Crippen molar-refractivity contribution >= 4 is 44.2 Å². The predicted molar refractivity (Wildman–Crippen MR) is 112 cm³/mol. The van der Waals surface area contributed by atoms with E-state index in [1.165, 1.54) is 24.3 Å². The molecular formula is C19H20N4O7S. The van der Waals surface area contributed by atoms with E-state index in [2.05, 4.69) is 10.6 Å². The summed E-state index contributed by atoms with van der Waals surface area (Å²) in [5.41, 5.74) is 1.45. The largest absolute Gasteiger partial charge is 0.595 e. The van der Waals surface area contributed by atoms with Gasteiger partial charge in [0.2, 0.25) is 0 Å². The van der Waals surface area contributed by atoms with Gasteiger partial charge in [-0.3, -0.25) is 4.55 Å². The Labute approximate surface area is 177 Å². The molecule has 0 amide bonds. The molecule has 0 saturated carbocycles. The molecule has 0 aliphatic rings. The van der Waals surface area contributed by atoms with Crippen LogP contribution in [-0.2, 0) is 10.1 Å². The second-order valence-electron chi connectivity index (χ2n) is 6.67. The second kappa shape index (κ2) is 8.97. The number of anilines is 4.